The van der Waals surface area contributed by atoms with Crippen LogP contribution in [0.25, 0.3) is 0 Å². The van der Waals surface area contributed by atoms with E-state index in [4.69, 9.17) is 0 Å². The zero-order chi connectivity index (χ0) is 10.9. The van der Waals surface area contributed by atoms with Gasteiger partial charge in [0.15, 0.2) is 0 Å². The molecule has 0 amide bonds. The van der Waals surface area contributed by atoms with Gasteiger partial charge in [0.25, 0.3) is 0 Å². The maximum absolute atomic E-state index is 2.57. The largest absolute Gasteiger partial charge is 0.298 e. The second-order valence-corrected chi connectivity index (χ2v) is 5.54. The average molecular weight is 203 g/mol. The Hall–Kier alpha value is -0.820. The molecule has 0 aromatic heterocycles. The Balaban J connectivity index is 1.99. The molecular formula is C14H21N. The molecule has 1 fully saturated rings. The van der Waals surface area contributed by atoms with E-state index in [1.165, 1.54) is 18.7 Å². The molecule has 1 atom stereocenters. The Morgan fingerprint density at radius 3 is 2.47 bits per heavy atom. The number of hydrogen-bond donors (Lipinski definition) is 0. The number of rotatable bonds is 2. The molecular weight excluding hydrogens is 182 g/mol. The van der Waals surface area contributed by atoms with E-state index >= 15 is 0 Å². The molecule has 1 aromatic rings. The van der Waals surface area contributed by atoms with Gasteiger partial charge < -0.3 is 0 Å². The molecule has 1 nitrogen and oxygen atoms in total. The Labute approximate surface area is 93.1 Å². The highest BCUT2D eigenvalue weighted by atomic mass is 15.2. The summed E-state index contributed by atoms with van der Waals surface area (Å²) in [6, 6.07) is 10.8. The SMILES string of the molecule is C[C@@H]1CN(Cc2ccccc2)CC1(C)C. The third-order valence-corrected chi connectivity index (χ3v) is 3.75. The number of benzene rings is 1. The molecule has 0 unspecified atom stereocenters. The smallest absolute Gasteiger partial charge is 0.0234 e. The van der Waals surface area contributed by atoms with Crippen LogP contribution in [0.1, 0.15) is 26.3 Å². The van der Waals surface area contributed by atoms with Gasteiger partial charge in [-0.2, -0.15) is 0 Å². The average Bonchev–Trinajstić information content (AvgIpc) is 2.42. The van der Waals surface area contributed by atoms with E-state index in [9.17, 15) is 0 Å². The molecule has 0 saturated carbocycles. The predicted molar refractivity (Wildman–Crippen MR) is 64.7 cm³/mol. The molecule has 2 rings (SSSR count). The highest BCUT2D eigenvalue weighted by Crippen LogP contribution is 2.35. The monoisotopic (exact) mass is 203 g/mol. The summed E-state index contributed by atoms with van der Waals surface area (Å²) in [4.78, 5) is 2.57. The van der Waals surface area contributed by atoms with Crippen molar-refractivity contribution in [1.82, 2.24) is 4.90 Å². The zero-order valence-corrected chi connectivity index (χ0v) is 10.0. The van der Waals surface area contributed by atoms with Crippen LogP contribution in [0.3, 0.4) is 0 Å². The quantitative estimate of drug-likeness (QED) is 0.713. The van der Waals surface area contributed by atoms with Crippen LogP contribution >= 0.6 is 0 Å². The van der Waals surface area contributed by atoms with Crippen LogP contribution in [-0.2, 0) is 6.54 Å². The number of likely N-dealkylation sites (tertiary alicyclic amines) is 1. The van der Waals surface area contributed by atoms with Crippen LogP contribution in [0.4, 0.5) is 0 Å². The molecule has 1 aromatic carbocycles. The van der Waals surface area contributed by atoms with E-state index in [-0.39, 0.29) is 0 Å². The van der Waals surface area contributed by atoms with Crippen molar-refractivity contribution in [3.8, 4) is 0 Å². The van der Waals surface area contributed by atoms with Gasteiger partial charge in [-0.05, 0) is 16.9 Å². The van der Waals surface area contributed by atoms with E-state index in [0.717, 1.165) is 12.5 Å². The minimum atomic E-state index is 0.481. The van der Waals surface area contributed by atoms with Gasteiger partial charge in [-0.3, -0.25) is 4.90 Å². The van der Waals surface area contributed by atoms with E-state index in [2.05, 4.69) is 56.0 Å². The van der Waals surface area contributed by atoms with Crippen molar-refractivity contribution >= 4 is 0 Å². The first kappa shape index (κ1) is 10.7. The standard InChI is InChI=1S/C14H21N/c1-12-9-15(11-14(12,2)3)10-13-7-5-4-6-8-13/h4-8,12H,9-11H2,1-3H3/t12-/m1/s1. The highest BCUT2D eigenvalue weighted by Gasteiger charge is 2.35. The lowest BCUT2D eigenvalue weighted by molar-refractivity contribution is 0.275. The summed E-state index contributed by atoms with van der Waals surface area (Å²) in [6.07, 6.45) is 0. The summed E-state index contributed by atoms with van der Waals surface area (Å²) in [5, 5.41) is 0. The van der Waals surface area contributed by atoms with E-state index < -0.39 is 0 Å². The summed E-state index contributed by atoms with van der Waals surface area (Å²) in [6.45, 7) is 10.7. The maximum atomic E-state index is 2.57. The van der Waals surface area contributed by atoms with Gasteiger partial charge in [0.05, 0.1) is 0 Å². The summed E-state index contributed by atoms with van der Waals surface area (Å²) in [5.74, 6) is 0.807. The van der Waals surface area contributed by atoms with Crippen LogP contribution in [0.5, 0.6) is 0 Å². The fourth-order valence-electron chi connectivity index (χ4n) is 2.39. The lowest BCUT2D eigenvalue weighted by Crippen LogP contribution is -2.23. The van der Waals surface area contributed by atoms with Crippen LogP contribution in [0, 0.1) is 11.3 Å². The molecule has 1 heterocycles. The molecule has 0 radical (unpaired) electrons. The summed E-state index contributed by atoms with van der Waals surface area (Å²) in [5.41, 5.74) is 1.91. The van der Waals surface area contributed by atoms with E-state index in [0.29, 0.717) is 5.41 Å². The Morgan fingerprint density at radius 1 is 1.27 bits per heavy atom. The van der Waals surface area contributed by atoms with Crippen LogP contribution < -0.4 is 0 Å². The highest BCUT2D eigenvalue weighted by molar-refractivity contribution is 5.14. The minimum absolute atomic E-state index is 0.481. The second-order valence-electron chi connectivity index (χ2n) is 5.54. The summed E-state index contributed by atoms with van der Waals surface area (Å²) < 4.78 is 0. The Morgan fingerprint density at radius 2 is 1.93 bits per heavy atom. The van der Waals surface area contributed by atoms with E-state index in [1.807, 2.05) is 0 Å². The normalized spacial score (nSPS) is 25.7. The van der Waals surface area contributed by atoms with Crippen molar-refractivity contribution in [2.24, 2.45) is 11.3 Å². The van der Waals surface area contributed by atoms with Gasteiger partial charge in [-0.15, -0.1) is 0 Å². The number of hydrogen-bond acceptors (Lipinski definition) is 1. The van der Waals surface area contributed by atoms with Crippen LogP contribution in [0.2, 0.25) is 0 Å². The Bertz CT molecular complexity index is 315. The van der Waals surface area contributed by atoms with Crippen LogP contribution in [-0.4, -0.2) is 18.0 Å². The molecule has 0 N–H and O–H groups in total. The lowest BCUT2D eigenvalue weighted by atomic mass is 9.84. The van der Waals surface area contributed by atoms with Crippen molar-refractivity contribution in [3.05, 3.63) is 35.9 Å². The van der Waals surface area contributed by atoms with Crippen LogP contribution in [0.15, 0.2) is 30.3 Å². The lowest BCUT2D eigenvalue weighted by Gasteiger charge is -2.22. The van der Waals surface area contributed by atoms with Crippen molar-refractivity contribution < 1.29 is 0 Å². The molecule has 1 aliphatic rings. The van der Waals surface area contributed by atoms with Gasteiger partial charge in [0.1, 0.15) is 0 Å². The molecule has 0 spiro atoms. The van der Waals surface area contributed by atoms with Crippen molar-refractivity contribution in [3.63, 3.8) is 0 Å². The molecule has 0 aliphatic carbocycles. The van der Waals surface area contributed by atoms with Crippen molar-refractivity contribution in [2.45, 2.75) is 27.3 Å². The number of nitrogens with zero attached hydrogens (tertiary/aromatic N) is 1. The third-order valence-electron chi connectivity index (χ3n) is 3.75. The zero-order valence-electron chi connectivity index (χ0n) is 10.0. The van der Waals surface area contributed by atoms with Gasteiger partial charge in [-0.25, -0.2) is 0 Å². The van der Waals surface area contributed by atoms with Gasteiger partial charge in [0, 0.05) is 19.6 Å². The topological polar surface area (TPSA) is 3.24 Å². The van der Waals surface area contributed by atoms with Crippen molar-refractivity contribution in [2.75, 3.05) is 13.1 Å². The molecule has 15 heavy (non-hydrogen) atoms. The molecule has 1 saturated heterocycles. The second kappa shape index (κ2) is 3.97. The van der Waals surface area contributed by atoms with Gasteiger partial charge >= 0.3 is 0 Å². The molecule has 1 heteroatoms. The summed E-state index contributed by atoms with van der Waals surface area (Å²) in [7, 11) is 0. The Kier molecular flexibility index (Phi) is 2.83. The third kappa shape index (κ3) is 2.40. The fourth-order valence-corrected chi connectivity index (χ4v) is 2.39. The van der Waals surface area contributed by atoms with Gasteiger partial charge in [0.2, 0.25) is 0 Å². The molecule has 1 aliphatic heterocycles. The van der Waals surface area contributed by atoms with E-state index in [1.54, 1.807) is 0 Å². The summed E-state index contributed by atoms with van der Waals surface area (Å²) >= 11 is 0. The van der Waals surface area contributed by atoms with Crippen molar-refractivity contribution in [1.29, 1.82) is 0 Å². The maximum Gasteiger partial charge on any atom is 0.0234 e. The van der Waals surface area contributed by atoms with Gasteiger partial charge in [-0.1, -0.05) is 51.1 Å². The first-order valence-electron chi connectivity index (χ1n) is 5.84. The molecule has 0 bridgehead atoms. The predicted octanol–water partition coefficient (Wildman–Crippen LogP) is 3.16. The fraction of sp³-hybridized carbons (Fsp3) is 0.571. The first-order valence-corrected chi connectivity index (χ1v) is 5.84. The molecule has 82 valence electrons. The first-order chi connectivity index (χ1) is 7.08. The minimum Gasteiger partial charge on any atom is -0.298 e.